The molecule has 5 rings (SSSR count). The molecule has 0 radical (unpaired) electrons. The van der Waals surface area contributed by atoms with Crippen LogP contribution in [0.25, 0.3) is 0 Å². The van der Waals surface area contributed by atoms with E-state index in [4.69, 9.17) is 0 Å². The van der Waals surface area contributed by atoms with Crippen LogP contribution in [0.5, 0.6) is 0 Å². The van der Waals surface area contributed by atoms with Crippen molar-refractivity contribution in [2.75, 3.05) is 32.7 Å². The Bertz CT molecular complexity index is 1130. The minimum Gasteiger partial charge on any atom is -0.303 e. The molecule has 2 aliphatic rings. The molecule has 0 N–H and O–H groups in total. The highest BCUT2D eigenvalue weighted by Crippen LogP contribution is 2.37. The van der Waals surface area contributed by atoms with E-state index in [1.54, 1.807) is 28.6 Å². The molecule has 172 valence electrons. The molecule has 0 spiro atoms. The summed E-state index contributed by atoms with van der Waals surface area (Å²) >= 11 is 0. The number of piperidine rings is 1. The van der Waals surface area contributed by atoms with Gasteiger partial charge in [-0.2, -0.15) is 4.31 Å². The second-order valence-corrected chi connectivity index (χ2v) is 11.3. The van der Waals surface area contributed by atoms with E-state index in [-0.39, 0.29) is 5.92 Å². The first-order chi connectivity index (χ1) is 16.1. The second-order valence-electron chi connectivity index (χ2n) is 9.40. The van der Waals surface area contributed by atoms with Crippen LogP contribution in [0.15, 0.2) is 95.9 Å². The molecule has 3 aromatic carbocycles. The minimum absolute atomic E-state index is 0.219. The van der Waals surface area contributed by atoms with Crippen LogP contribution in [0.2, 0.25) is 0 Å². The van der Waals surface area contributed by atoms with E-state index in [1.807, 2.05) is 12.1 Å². The van der Waals surface area contributed by atoms with Crippen molar-refractivity contribution in [2.45, 2.75) is 29.6 Å². The molecule has 0 aromatic heterocycles. The average Bonchev–Trinajstić information content (AvgIpc) is 3.31. The van der Waals surface area contributed by atoms with Gasteiger partial charge in [0, 0.05) is 25.6 Å². The molecule has 0 amide bonds. The predicted molar refractivity (Wildman–Crippen MR) is 133 cm³/mol. The number of rotatable bonds is 6. The Morgan fingerprint density at radius 3 is 1.85 bits per heavy atom. The third-order valence-corrected chi connectivity index (χ3v) is 9.21. The third kappa shape index (κ3) is 4.91. The van der Waals surface area contributed by atoms with Crippen molar-refractivity contribution in [1.29, 1.82) is 0 Å². The molecule has 3 aromatic rings. The van der Waals surface area contributed by atoms with Crippen molar-refractivity contribution < 1.29 is 8.42 Å². The highest BCUT2D eigenvalue weighted by atomic mass is 32.2. The zero-order valence-corrected chi connectivity index (χ0v) is 19.8. The molecule has 33 heavy (non-hydrogen) atoms. The summed E-state index contributed by atoms with van der Waals surface area (Å²) in [7, 11) is -3.48. The van der Waals surface area contributed by atoms with Crippen LogP contribution in [0.4, 0.5) is 0 Å². The fourth-order valence-corrected chi connectivity index (χ4v) is 7.08. The lowest BCUT2D eigenvalue weighted by Gasteiger charge is -2.35. The summed E-state index contributed by atoms with van der Waals surface area (Å²) in [5, 5.41) is 0. The third-order valence-electron chi connectivity index (χ3n) is 7.37. The van der Waals surface area contributed by atoms with Crippen LogP contribution >= 0.6 is 0 Å². The second kappa shape index (κ2) is 9.80. The van der Waals surface area contributed by atoms with Crippen LogP contribution in [0, 0.1) is 5.92 Å². The van der Waals surface area contributed by atoms with Crippen molar-refractivity contribution in [3.8, 4) is 0 Å². The van der Waals surface area contributed by atoms with E-state index >= 15 is 0 Å². The zero-order chi connectivity index (χ0) is 22.7. The molecule has 0 saturated carbocycles. The van der Waals surface area contributed by atoms with Gasteiger partial charge in [0.1, 0.15) is 0 Å². The van der Waals surface area contributed by atoms with Crippen LogP contribution < -0.4 is 0 Å². The van der Waals surface area contributed by atoms with Crippen molar-refractivity contribution in [3.05, 3.63) is 102 Å². The molecule has 2 atom stereocenters. The SMILES string of the molecule is O=S(=O)(c1ccccc1)N1CC(c2ccccc2)[C@@H](CN2CCC(c3ccccc3)CC2)C1. The molecule has 1 unspecified atom stereocenters. The summed E-state index contributed by atoms with van der Waals surface area (Å²) in [4.78, 5) is 2.94. The number of benzene rings is 3. The van der Waals surface area contributed by atoms with Gasteiger partial charge in [-0.3, -0.25) is 0 Å². The number of hydrogen-bond acceptors (Lipinski definition) is 3. The number of likely N-dealkylation sites (tertiary alicyclic amines) is 1. The molecule has 5 heteroatoms. The highest BCUT2D eigenvalue weighted by molar-refractivity contribution is 7.89. The maximum atomic E-state index is 13.4. The summed E-state index contributed by atoms with van der Waals surface area (Å²) in [6, 6.07) is 30.1. The van der Waals surface area contributed by atoms with E-state index in [1.165, 1.54) is 24.0 Å². The summed E-state index contributed by atoms with van der Waals surface area (Å²) in [5.41, 5.74) is 2.69. The molecule has 2 aliphatic heterocycles. The molecular weight excluding hydrogens is 428 g/mol. The van der Waals surface area contributed by atoms with E-state index in [0.717, 1.165) is 19.6 Å². The van der Waals surface area contributed by atoms with Gasteiger partial charge < -0.3 is 4.90 Å². The van der Waals surface area contributed by atoms with Crippen LogP contribution in [-0.4, -0.2) is 50.3 Å². The standard InChI is InChI=1S/C28H32N2O2S/c31-33(32,27-14-8-3-9-15-27)30-21-26(28(22-30)25-12-6-2-7-13-25)20-29-18-16-24(17-19-29)23-10-4-1-5-11-23/h1-15,24,26,28H,16-22H2/t26-,28?/m0/s1. The van der Waals surface area contributed by atoms with Gasteiger partial charge in [0.05, 0.1) is 4.90 Å². The highest BCUT2D eigenvalue weighted by Gasteiger charge is 2.40. The first-order valence-electron chi connectivity index (χ1n) is 12.0. The van der Waals surface area contributed by atoms with E-state index < -0.39 is 10.0 Å². The Hall–Kier alpha value is -2.47. The van der Waals surface area contributed by atoms with Crippen molar-refractivity contribution in [2.24, 2.45) is 5.92 Å². The molecule has 0 bridgehead atoms. The van der Waals surface area contributed by atoms with Gasteiger partial charge in [-0.05, 0) is 61.0 Å². The Kier molecular flexibility index (Phi) is 6.63. The van der Waals surface area contributed by atoms with Gasteiger partial charge in [-0.25, -0.2) is 8.42 Å². The average molecular weight is 461 g/mol. The maximum absolute atomic E-state index is 13.4. The zero-order valence-electron chi connectivity index (χ0n) is 19.0. The molecule has 4 nitrogen and oxygen atoms in total. The topological polar surface area (TPSA) is 40.6 Å². The fourth-order valence-electron chi connectivity index (χ4n) is 5.54. The van der Waals surface area contributed by atoms with Crippen LogP contribution in [-0.2, 0) is 10.0 Å². The van der Waals surface area contributed by atoms with Crippen molar-refractivity contribution >= 4 is 10.0 Å². The van der Waals surface area contributed by atoms with Crippen molar-refractivity contribution in [3.63, 3.8) is 0 Å². The largest absolute Gasteiger partial charge is 0.303 e. The van der Waals surface area contributed by atoms with Gasteiger partial charge in [0.2, 0.25) is 10.0 Å². The molecular formula is C28H32N2O2S. The minimum atomic E-state index is -3.48. The Balaban J connectivity index is 1.31. The number of nitrogens with zero attached hydrogens (tertiary/aromatic N) is 2. The van der Waals surface area contributed by atoms with Gasteiger partial charge in [-0.1, -0.05) is 78.9 Å². The smallest absolute Gasteiger partial charge is 0.243 e. The van der Waals surface area contributed by atoms with E-state index in [2.05, 4.69) is 59.5 Å². The molecule has 2 heterocycles. The van der Waals surface area contributed by atoms with E-state index in [9.17, 15) is 8.42 Å². The first kappa shape index (κ1) is 22.3. The lowest BCUT2D eigenvalue weighted by molar-refractivity contribution is 0.180. The normalized spacial score (nSPS) is 23.0. The Morgan fingerprint density at radius 1 is 0.697 bits per heavy atom. The maximum Gasteiger partial charge on any atom is 0.243 e. The van der Waals surface area contributed by atoms with Gasteiger partial charge in [0.25, 0.3) is 0 Å². The van der Waals surface area contributed by atoms with E-state index in [0.29, 0.717) is 29.8 Å². The predicted octanol–water partition coefficient (Wildman–Crippen LogP) is 4.97. The lowest BCUT2D eigenvalue weighted by Crippen LogP contribution is -2.38. The van der Waals surface area contributed by atoms with Gasteiger partial charge in [0.15, 0.2) is 0 Å². The number of sulfonamides is 1. The summed E-state index contributed by atoms with van der Waals surface area (Å²) in [6.45, 7) is 4.22. The Morgan fingerprint density at radius 2 is 1.24 bits per heavy atom. The fraction of sp³-hybridized carbons (Fsp3) is 0.357. The van der Waals surface area contributed by atoms with Crippen LogP contribution in [0.1, 0.15) is 35.8 Å². The quantitative estimate of drug-likeness (QED) is 0.521. The molecule has 2 fully saturated rings. The monoisotopic (exact) mass is 460 g/mol. The first-order valence-corrected chi connectivity index (χ1v) is 13.4. The number of hydrogen-bond donors (Lipinski definition) is 0. The molecule has 0 aliphatic carbocycles. The summed E-state index contributed by atoms with van der Waals surface area (Å²) in [5.74, 6) is 1.14. The summed E-state index contributed by atoms with van der Waals surface area (Å²) < 4.78 is 28.4. The molecule has 2 saturated heterocycles. The van der Waals surface area contributed by atoms with Gasteiger partial charge in [-0.15, -0.1) is 0 Å². The lowest BCUT2D eigenvalue weighted by atomic mass is 9.86. The van der Waals surface area contributed by atoms with Gasteiger partial charge >= 0.3 is 0 Å². The summed E-state index contributed by atoms with van der Waals surface area (Å²) in [6.07, 6.45) is 2.33. The van der Waals surface area contributed by atoms with Crippen molar-refractivity contribution in [1.82, 2.24) is 9.21 Å². The Labute approximate surface area is 197 Å². The van der Waals surface area contributed by atoms with Crippen LogP contribution in [0.3, 0.4) is 0 Å².